The van der Waals surface area contributed by atoms with Gasteiger partial charge in [0.25, 0.3) is 0 Å². The highest BCUT2D eigenvalue weighted by molar-refractivity contribution is 5.87. The van der Waals surface area contributed by atoms with Gasteiger partial charge in [0.2, 0.25) is 5.56 Å². The van der Waals surface area contributed by atoms with E-state index in [4.69, 9.17) is 9.47 Å². The summed E-state index contributed by atoms with van der Waals surface area (Å²) in [6.45, 7) is 7.60. The van der Waals surface area contributed by atoms with Gasteiger partial charge < -0.3 is 56.6 Å². The molecule has 0 unspecified atom stereocenters. The number of phenols is 1. The number of fused-ring (bicyclic) bond motifs is 4. The smallest absolute Gasteiger partial charge is 0.248 e. The van der Waals surface area contributed by atoms with Crippen molar-refractivity contribution in [2.24, 2.45) is 11.8 Å². The van der Waals surface area contributed by atoms with Crippen LogP contribution in [0.1, 0.15) is 74.3 Å². The van der Waals surface area contributed by atoms with Crippen LogP contribution >= 0.6 is 0 Å². The van der Waals surface area contributed by atoms with Crippen LogP contribution in [0.25, 0.3) is 10.9 Å². The molecule has 10 heteroatoms. The van der Waals surface area contributed by atoms with Crippen molar-refractivity contribution in [3.05, 3.63) is 106 Å². The topological polar surface area (TPSA) is 124 Å². The van der Waals surface area contributed by atoms with Gasteiger partial charge in [-0.25, -0.2) is 0 Å². The van der Waals surface area contributed by atoms with Crippen LogP contribution in [0.15, 0.2) is 83.7 Å². The molecule has 5 N–H and O–H groups in total. The van der Waals surface area contributed by atoms with E-state index in [0.29, 0.717) is 42.1 Å². The van der Waals surface area contributed by atoms with Gasteiger partial charge in [0.1, 0.15) is 42.9 Å². The van der Waals surface area contributed by atoms with E-state index in [2.05, 4.69) is 41.5 Å². The number of nitrogens with one attached hydrogen (secondary N) is 2. The molecule has 3 aromatic carbocycles. The Morgan fingerprint density at radius 1 is 0.961 bits per heavy atom. The molecule has 2 bridgehead atoms. The molecule has 51 heavy (non-hydrogen) atoms. The molecule has 4 fully saturated rings. The Hall–Kier alpha value is -3.25. The molecular formula is C41H52BrN3O6. The van der Waals surface area contributed by atoms with Crippen LogP contribution in [0, 0.1) is 11.8 Å². The van der Waals surface area contributed by atoms with Gasteiger partial charge in [-0.3, -0.25) is 4.79 Å². The molecule has 4 heterocycles. The molecule has 0 amide bonds. The van der Waals surface area contributed by atoms with Crippen LogP contribution in [-0.2, 0) is 10.3 Å². The molecule has 3 aliphatic heterocycles. The van der Waals surface area contributed by atoms with Crippen molar-refractivity contribution in [1.29, 1.82) is 0 Å². The second-order valence-electron chi connectivity index (χ2n) is 15.0. The van der Waals surface area contributed by atoms with Gasteiger partial charge in [-0.15, -0.1) is 0 Å². The van der Waals surface area contributed by atoms with E-state index in [0.717, 1.165) is 73.2 Å². The lowest BCUT2D eigenvalue weighted by Crippen LogP contribution is -3.00. The lowest BCUT2D eigenvalue weighted by atomic mass is 9.80. The lowest BCUT2D eigenvalue weighted by molar-refractivity contribution is -0.946. The number of nitrogens with zero attached hydrogens (tertiary/aromatic N) is 1. The minimum absolute atomic E-state index is 0. The number of piperidine rings is 3. The van der Waals surface area contributed by atoms with E-state index in [-0.39, 0.29) is 46.4 Å². The van der Waals surface area contributed by atoms with E-state index in [9.17, 15) is 20.1 Å². The Morgan fingerprint density at radius 3 is 2.41 bits per heavy atom. The third-order valence-corrected chi connectivity index (χ3v) is 12.0. The highest BCUT2D eigenvalue weighted by Crippen LogP contribution is 2.42. The summed E-state index contributed by atoms with van der Waals surface area (Å²) in [5.41, 5.74) is 1.80. The minimum atomic E-state index is -0.930. The number of phenolic OH excluding ortho intramolecular Hbond substituents is 1. The third kappa shape index (κ3) is 8.22. The average Bonchev–Trinajstić information content (AvgIpc) is 3.70. The third-order valence-electron chi connectivity index (χ3n) is 12.0. The van der Waals surface area contributed by atoms with Crippen LogP contribution in [0.3, 0.4) is 0 Å². The maximum Gasteiger partial charge on any atom is 0.248 e. The minimum Gasteiger partial charge on any atom is -1.00 e. The number of halogens is 1. The first-order valence-electron chi connectivity index (χ1n) is 18.5. The van der Waals surface area contributed by atoms with Gasteiger partial charge >= 0.3 is 0 Å². The van der Waals surface area contributed by atoms with Crippen molar-refractivity contribution in [2.75, 3.05) is 45.9 Å². The van der Waals surface area contributed by atoms with Crippen molar-refractivity contribution in [1.82, 2.24) is 10.3 Å². The fourth-order valence-corrected chi connectivity index (χ4v) is 8.80. The first-order valence-corrected chi connectivity index (χ1v) is 18.5. The Balaban J connectivity index is 0.00000448. The SMILES string of the molecule is C[C@H](NC[C@H](O)c1ccc(O)c2[nH]c(=O)ccc12)c1ccc(OCC[N+]23CCC(CC2)[C@@H](OC[C@@](O)(c2ccccc2)C2CCCC2)C3)cc1.[Br-]. The number of aromatic nitrogens is 1. The normalized spacial score (nSPS) is 24.1. The number of aliphatic hydroxyl groups excluding tert-OH is 1. The molecule has 0 spiro atoms. The van der Waals surface area contributed by atoms with Crippen LogP contribution in [0.5, 0.6) is 11.5 Å². The summed E-state index contributed by atoms with van der Waals surface area (Å²) in [5, 5.41) is 37.2. The molecule has 1 saturated carbocycles. The highest BCUT2D eigenvalue weighted by Gasteiger charge is 2.48. The largest absolute Gasteiger partial charge is 1.00 e. The second-order valence-corrected chi connectivity index (χ2v) is 15.0. The van der Waals surface area contributed by atoms with Crippen LogP contribution in [0.2, 0.25) is 0 Å². The predicted octanol–water partition coefficient (Wildman–Crippen LogP) is 2.70. The summed E-state index contributed by atoms with van der Waals surface area (Å²) in [6, 6.07) is 24.5. The maximum atomic E-state index is 12.0. The molecule has 9 nitrogen and oxygen atoms in total. The summed E-state index contributed by atoms with van der Waals surface area (Å²) >= 11 is 0. The van der Waals surface area contributed by atoms with E-state index >= 15 is 0 Å². The number of hydrogen-bond acceptors (Lipinski definition) is 7. The Kier molecular flexibility index (Phi) is 11.9. The number of ether oxygens (including phenoxy) is 2. The molecule has 4 aromatic rings. The fourth-order valence-electron chi connectivity index (χ4n) is 8.80. The van der Waals surface area contributed by atoms with Gasteiger partial charge in [0.05, 0.1) is 31.3 Å². The highest BCUT2D eigenvalue weighted by atomic mass is 79.9. The molecule has 1 aliphatic carbocycles. The standard InChI is InChI=1S/C41H51N3O6.BrH/c1-28(42-25-37(46)34-15-17-36(45)40-35(34)16-18-39(47)43-40)29-11-13-33(14-12-29)49-24-23-44-21-19-30(20-22-44)38(26-44)50-27-41(48,32-9-5-6-10-32)31-7-3-2-4-8-31;/h2-4,7-8,11-18,28,30,32,37-38,42,46,48H,5-6,9-10,19-27H2,1H3,(H-,43,45,47);1H/t28-,30?,37-,38-,41+,44?;/m0./s1. The van der Waals surface area contributed by atoms with Gasteiger partial charge in [-0.05, 0) is 66.6 Å². The number of hydrogen-bond donors (Lipinski definition) is 5. The molecule has 8 rings (SSSR count). The van der Waals surface area contributed by atoms with E-state index < -0.39 is 11.7 Å². The zero-order chi connectivity index (χ0) is 34.7. The van der Waals surface area contributed by atoms with Crippen LogP contribution in [-0.4, -0.2) is 76.8 Å². The number of quaternary nitrogens is 1. The first-order chi connectivity index (χ1) is 24.2. The van der Waals surface area contributed by atoms with Gasteiger partial charge in [-0.2, -0.15) is 0 Å². The molecule has 0 radical (unpaired) electrons. The number of pyridine rings is 1. The average molecular weight is 763 g/mol. The second kappa shape index (κ2) is 16.2. The van der Waals surface area contributed by atoms with E-state index in [1.165, 1.54) is 25.0 Å². The number of aliphatic hydroxyl groups is 2. The van der Waals surface area contributed by atoms with Gasteiger partial charge in [0, 0.05) is 42.8 Å². The van der Waals surface area contributed by atoms with Crippen molar-refractivity contribution in [2.45, 2.75) is 69.3 Å². The number of rotatable bonds is 14. The quantitative estimate of drug-likeness (QED) is 0.125. The molecule has 274 valence electrons. The summed E-state index contributed by atoms with van der Waals surface area (Å²) in [6.07, 6.45) is 6.14. The van der Waals surface area contributed by atoms with Gasteiger partial charge in [-0.1, -0.05) is 61.4 Å². The van der Waals surface area contributed by atoms with E-state index in [1.807, 2.05) is 30.3 Å². The lowest BCUT2D eigenvalue weighted by Gasteiger charge is -2.52. The first kappa shape index (κ1) is 37.5. The van der Waals surface area contributed by atoms with Crippen molar-refractivity contribution in [3.8, 4) is 11.5 Å². The molecule has 4 atom stereocenters. The van der Waals surface area contributed by atoms with Crippen LogP contribution < -0.4 is 32.6 Å². The summed E-state index contributed by atoms with van der Waals surface area (Å²) in [7, 11) is 0. The molecular weight excluding hydrogens is 710 g/mol. The Morgan fingerprint density at radius 2 is 1.69 bits per heavy atom. The van der Waals surface area contributed by atoms with Crippen molar-refractivity contribution in [3.63, 3.8) is 0 Å². The molecule has 4 aliphatic rings. The fraction of sp³-hybridized carbons (Fsp3) is 0.488. The maximum absolute atomic E-state index is 12.0. The molecule has 1 aromatic heterocycles. The Bertz CT molecular complexity index is 1790. The summed E-state index contributed by atoms with van der Waals surface area (Å²) < 4.78 is 14.0. The number of H-pyrrole nitrogens is 1. The monoisotopic (exact) mass is 761 g/mol. The van der Waals surface area contributed by atoms with Gasteiger partial charge in [0.15, 0.2) is 0 Å². The zero-order valence-electron chi connectivity index (χ0n) is 29.5. The Labute approximate surface area is 311 Å². The van der Waals surface area contributed by atoms with Crippen molar-refractivity contribution >= 4 is 10.9 Å². The molecule has 3 saturated heterocycles. The number of benzene rings is 3. The summed E-state index contributed by atoms with van der Waals surface area (Å²) in [5.74, 6) is 1.63. The number of aromatic amines is 1. The summed E-state index contributed by atoms with van der Waals surface area (Å²) in [4.78, 5) is 14.4. The predicted molar refractivity (Wildman–Crippen MR) is 194 cm³/mol. The zero-order valence-corrected chi connectivity index (χ0v) is 31.1. The van der Waals surface area contributed by atoms with Crippen LogP contribution in [0.4, 0.5) is 0 Å². The number of aromatic hydroxyl groups is 1. The van der Waals surface area contributed by atoms with Crippen molar-refractivity contribution < 1.29 is 46.3 Å². The van der Waals surface area contributed by atoms with E-state index in [1.54, 1.807) is 12.1 Å².